The number of carbonyl (C=O) groups is 1. The maximum absolute atomic E-state index is 12.4. The van der Waals surface area contributed by atoms with Crippen molar-refractivity contribution >= 4 is 17.2 Å². The molecule has 3 nitrogen and oxygen atoms in total. The average Bonchev–Trinajstić information content (AvgIpc) is 3.15. The van der Waals surface area contributed by atoms with Gasteiger partial charge in [-0.2, -0.15) is 0 Å². The molecule has 1 aliphatic carbocycles. The van der Waals surface area contributed by atoms with Gasteiger partial charge in [-0.15, -0.1) is 11.3 Å². The number of carbonyl (C=O) groups excluding carboxylic acids is 1. The first-order valence-electron chi connectivity index (χ1n) is 7.69. The Morgan fingerprint density at radius 1 is 1.23 bits per heavy atom. The van der Waals surface area contributed by atoms with Crippen molar-refractivity contribution in [2.45, 2.75) is 25.4 Å². The van der Waals surface area contributed by atoms with E-state index < -0.39 is 0 Å². The topological polar surface area (TPSA) is 23.6 Å². The molecule has 0 spiro atoms. The first-order chi connectivity index (χ1) is 10.6. The monoisotopic (exact) mass is 314 g/mol. The van der Waals surface area contributed by atoms with E-state index in [0.29, 0.717) is 19.1 Å². The first-order valence-corrected chi connectivity index (χ1v) is 8.57. The minimum atomic E-state index is 0.181. The van der Waals surface area contributed by atoms with Crippen LogP contribution in [0.4, 0.5) is 0 Å². The molecule has 0 radical (unpaired) electrons. The molecule has 3 rings (SSSR count). The third-order valence-corrected chi connectivity index (χ3v) is 5.28. The predicted molar refractivity (Wildman–Crippen MR) is 90.9 cm³/mol. The number of hydrogen-bond donors (Lipinski definition) is 0. The number of amides is 1. The van der Waals surface area contributed by atoms with Gasteiger partial charge >= 0.3 is 0 Å². The number of hydrogen-bond acceptors (Lipinski definition) is 3. The Kier molecular flexibility index (Phi) is 4.60. The molecule has 1 aromatic carbocycles. The molecular weight excluding hydrogens is 292 g/mol. The fraction of sp³-hybridized carbons (Fsp3) is 0.389. The number of likely N-dealkylation sites (N-methyl/N-ethyl adjacent to an activating group) is 2. The van der Waals surface area contributed by atoms with Gasteiger partial charge in [0.25, 0.3) is 0 Å². The van der Waals surface area contributed by atoms with Crippen LogP contribution >= 0.6 is 11.3 Å². The summed E-state index contributed by atoms with van der Waals surface area (Å²) >= 11 is 1.70. The molecule has 0 unspecified atom stereocenters. The van der Waals surface area contributed by atoms with E-state index in [9.17, 15) is 4.79 Å². The molecule has 116 valence electrons. The number of nitrogens with zero attached hydrogens (tertiary/aromatic N) is 2. The van der Waals surface area contributed by atoms with Crippen molar-refractivity contribution in [3.8, 4) is 0 Å². The van der Waals surface area contributed by atoms with Gasteiger partial charge < -0.3 is 4.90 Å². The van der Waals surface area contributed by atoms with Crippen molar-refractivity contribution in [2.24, 2.45) is 0 Å². The fourth-order valence-electron chi connectivity index (χ4n) is 3.16. The maximum atomic E-state index is 12.4. The second kappa shape index (κ2) is 6.63. The number of benzene rings is 1. The third-order valence-electron chi connectivity index (χ3n) is 4.42. The summed E-state index contributed by atoms with van der Waals surface area (Å²) in [6.45, 7) is 1.17. The summed E-state index contributed by atoms with van der Waals surface area (Å²) < 4.78 is 0. The molecular formula is C18H22N2OS. The molecule has 1 amide bonds. The van der Waals surface area contributed by atoms with Gasteiger partial charge in [0.05, 0.1) is 13.1 Å². The molecule has 1 atom stereocenters. The van der Waals surface area contributed by atoms with Crippen LogP contribution in [0.5, 0.6) is 0 Å². The molecule has 0 aliphatic heterocycles. The van der Waals surface area contributed by atoms with Crippen LogP contribution in [0.15, 0.2) is 41.8 Å². The zero-order valence-corrected chi connectivity index (χ0v) is 14.0. The van der Waals surface area contributed by atoms with Crippen molar-refractivity contribution in [3.63, 3.8) is 0 Å². The van der Waals surface area contributed by atoms with E-state index in [0.717, 1.165) is 12.8 Å². The fourth-order valence-corrected chi connectivity index (χ4v) is 3.92. The Labute approximate surface area is 136 Å². The summed E-state index contributed by atoms with van der Waals surface area (Å²) in [7, 11) is 3.95. The van der Waals surface area contributed by atoms with E-state index in [4.69, 9.17) is 0 Å². The van der Waals surface area contributed by atoms with Crippen LogP contribution in [0.3, 0.4) is 0 Å². The molecule has 4 heteroatoms. The normalized spacial score (nSPS) is 16.8. The lowest BCUT2D eigenvalue weighted by molar-refractivity contribution is -0.131. The SMILES string of the molecule is CN(Cc1cccs1)C(=O)CN(C)[C@@H]1CCc2ccccc21. The number of aryl methyl sites for hydroxylation is 1. The molecule has 0 fully saturated rings. The van der Waals surface area contributed by atoms with Gasteiger partial charge in [-0.1, -0.05) is 30.3 Å². The van der Waals surface area contributed by atoms with E-state index in [2.05, 4.69) is 47.7 Å². The Bertz CT molecular complexity index is 638. The van der Waals surface area contributed by atoms with Crippen molar-refractivity contribution in [1.82, 2.24) is 9.80 Å². The number of fused-ring (bicyclic) bond motifs is 1. The lowest BCUT2D eigenvalue weighted by atomic mass is 10.1. The van der Waals surface area contributed by atoms with E-state index in [1.54, 1.807) is 11.3 Å². The van der Waals surface area contributed by atoms with Gasteiger partial charge in [-0.25, -0.2) is 0 Å². The van der Waals surface area contributed by atoms with Crippen LogP contribution < -0.4 is 0 Å². The summed E-state index contributed by atoms with van der Waals surface area (Å²) in [4.78, 5) is 17.7. The number of thiophene rings is 1. The summed E-state index contributed by atoms with van der Waals surface area (Å²) in [6, 6.07) is 13.1. The molecule has 1 aliphatic rings. The van der Waals surface area contributed by atoms with Crippen LogP contribution in [0.1, 0.15) is 28.5 Å². The highest BCUT2D eigenvalue weighted by atomic mass is 32.1. The van der Waals surface area contributed by atoms with Gasteiger partial charge in [0.1, 0.15) is 0 Å². The zero-order valence-electron chi connectivity index (χ0n) is 13.2. The molecule has 0 saturated heterocycles. The molecule has 0 N–H and O–H groups in total. The van der Waals surface area contributed by atoms with Crippen LogP contribution in [0.25, 0.3) is 0 Å². The minimum absolute atomic E-state index is 0.181. The summed E-state index contributed by atoms with van der Waals surface area (Å²) in [5, 5.41) is 2.05. The minimum Gasteiger partial charge on any atom is -0.340 e. The van der Waals surface area contributed by atoms with Gasteiger partial charge in [-0.05, 0) is 42.5 Å². The Balaban J connectivity index is 1.60. The highest BCUT2D eigenvalue weighted by Gasteiger charge is 2.27. The van der Waals surface area contributed by atoms with Crippen molar-refractivity contribution < 1.29 is 4.79 Å². The second-order valence-corrected chi connectivity index (χ2v) is 7.03. The summed E-state index contributed by atoms with van der Waals surface area (Å²) in [5.74, 6) is 0.181. The number of rotatable bonds is 5. The molecule has 2 aromatic rings. The Hall–Kier alpha value is -1.65. The largest absolute Gasteiger partial charge is 0.340 e. The van der Waals surface area contributed by atoms with Gasteiger partial charge in [0, 0.05) is 18.0 Å². The van der Waals surface area contributed by atoms with Crippen LogP contribution in [-0.4, -0.2) is 36.3 Å². The quantitative estimate of drug-likeness (QED) is 0.845. The third kappa shape index (κ3) is 3.23. The van der Waals surface area contributed by atoms with Crippen molar-refractivity contribution in [2.75, 3.05) is 20.6 Å². The molecule has 0 bridgehead atoms. The van der Waals surface area contributed by atoms with Crippen molar-refractivity contribution in [1.29, 1.82) is 0 Å². The molecule has 0 saturated carbocycles. The molecule has 1 aromatic heterocycles. The van der Waals surface area contributed by atoms with E-state index in [-0.39, 0.29) is 5.91 Å². The van der Waals surface area contributed by atoms with Gasteiger partial charge in [0.15, 0.2) is 0 Å². The summed E-state index contributed by atoms with van der Waals surface area (Å²) in [5.41, 5.74) is 2.82. The smallest absolute Gasteiger partial charge is 0.236 e. The van der Waals surface area contributed by atoms with Crippen LogP contribution in [0, 0.1) is 0 Å². The average molecular weight is 314 g/mol. The molecule has 1 heterocycles. The lowest BCUT2D eigenvalue weighted by Crippen LogP contribution is -2.37. The first kappa shape index (κ1) is 15.3. The van der Waals surface area contributed by atoms with Gasteiger partial charge in [-0.3, -0.25) is 9.69 Å². The maximum Gasteiger partial charge on any atom is 0.236 e. The van der Waals surface area contributed by atoms with E-state index in [1.165, 1.54) is 16.0 Å². The van der Waals surface area contributed by atoms with Crippen LogP contribution in [-0.2, 0) is 17.8 Å². The molecule has 22 heavy (non-hydrogen) atoms. The second-order valence-electron chi connectivity index (χ2n) is 6.00. The lowest BCUT2D eigenvalue weighted by Gasteiger charge is -2.27. The Morgan fingerprint density at radius 3 is 2.82 bits per heavy atom. The predicted octanol–water partition coefficient (Wildman–Crippen LogP) is 3.33. The Morgan fingerprint density at radius 2 is 2.05 bits per heavy atom. The highest BCUT2D eigenvalue weighted by molar-refractivity contribution is 7.09. The zero-order chi connectivity index (χ0) is 15.5. The summed E-state index contributed by atoms with van der Waals surface area (Å²) in [6.07, 6.45) is 2.22. The van der Waals surface area contributed by atoms with Crippen LogP contribution in [0.2, 0.25) is 0 Å². The standard InChI is InChI=1S/C18H22N2OS/c1-19(17-10-9-14-6-3-4-8-16(14)17)13-18(21)20(2)12-15-7-5-11-22-15/h3-8,11,17H,9-10,12-13H2,1-2H3/t17-/m1/s1. The van der Waals surface area contributed by atoms with Gasteiger partial charge in [0.2, 0.25) is 5.91 Å². The highest BCUT2D eigenvalue weighted by Crippen LogP contribution is 2.34. The van der Waals surface area contributed by atoms with E-state index in [1.807, 2.05) is 18.0 Å². The van der Waals surface area contributed by atoms with E-state index >= 15 is 0 Å². The van der Waals surface area contributed by atoms with Crippen molar-refractivity contribution in [3.05, 3.63) is 57.8 Å².